The molecule has 4 heteroatoms. The standard InChI is InChI=1S/C17H28N2O2/c1-4-12-19(13-5-2)14-17(18,16(20)21-6-3)15-10-8-7-9-11-15/h7-11H,4-6,12-14,18H2,1-3H3. The van der Waals surface area contributed by atoms with Gasteiger partial charge in [-0.3, -0.25) is 0 Å². The van der Waals surface area contributed by atoms with E-state index in [1.807, 2.05) is 30.3 Å². The smallest absolute Gasteiger partial charge is 0.332 e. The van der Waals surface area contributed by atoms with Crippen LogP contribution >= 0.6 is 0 Å². The first-order valence-corrected chi connectivity index (χ1v) is 7.82. The summed E-state index contributed by atoms with van der Waals surface area (Å²) in [5, 5.41) is 0. The summed E-state index contributed by atoms with van der Waals surface area (Å²) < 4.78 is 5.23. The number of carbonyl (C=O) groups is 1. The van der Waals surface area contributed by atoms with Crippen LogP contribution in [0.3, 0.4) is 0 Å². The van der Waals surface area contributed by atoms with Crippen LogP contribution in [0.2, 0.25) is 0 Å². The minimum atomic E-state index is -1.11. The maximum atomic E-state index is 12.4. The summed E-state index contributed by atoms with van der Waals surface area (Å²) in [6.45, 7) is 8.75. The highest BCUT2D eigenvalue weighted by Gasteiger charge is 2.39. The predicted octanol–water partition coefficient (Wildman–Crippen LogP) is 2.53. The van der Waals surface area contributed by atoms with Crippen molar-refractivity contribution in [1.29, 1.82) is 0 Å². The molecule has 0 aliphatic heterocycles. The summed E-state index contributed by atoms with van der Waals surface area (Å²) in [4.78, 5) is 14.7. The molecule has 1 unspecified atom stereocenters. The molecule has 0 saturated carbocycles. The van der Waals surface area contributed by atoms with Gasteiger partial charge in [0.1, 0.15) is 0 Å². The van der Waals surface area contributed by atoms with E-state index in [0.29, 0.717) is 13.2 Å². The van der Waals surface area contributed by atoms with Crippen LogP contribution in [0.5, 0.6) is 0 Å². The molecule has 0 radical (unpaired) electrons. The third-order valence-corrected chi connectivity index (χ3v) is 3.48. The van der Waals surface area contributed by atoms with Crippen LogP contribution in [0.1, 0.15) is 39.2 Å². The molecule has 0 amide bonds. The number of nitrogens with zero attached hydrogens (tertiary/aromatic N) is 1. The van der Waals surface area contributed by atoms with Gasteiger partial charge in [-0.15, -0.1) is 0 Å². The van der Waals surface area contributed by atoms with Gasteiger partial charge >= 0.3 is 5.97 Å². The molecule has 0 fully saturated rings. The van der Waals surface area contributed by atoms with E-state index in [2.05, 4.69) is 18.7 Å². The highest BCUT2D eigenvalue weighted by Crippen LogP contribution is 2.22. The van der Waals surface area contributed by atoms with Crippen molar-refractivity contribution >= 4 is 5.97 Å². The quantitative estimate of drug-likeness (QED) is 0.711. The third-order valence-electron chi connectivity index (χ3n) is 3.48. The van der Waals surface area contributed by atoms with E-state index in [0.717, 1.165) is 31.5 Å². The second-order valence-electron chi connectivity index (χ2n) is 5.33. The molecule has 1 atom stereocenters. The summed E-state index contributed by atoms with van der Waals surface area (Å²) in [6.07, 6.45) is 2.07. The van der Waals surface area contributed by atoms with Gasteiger partial charge in [-0.2, -0.15) is 0 Å². The number of ether oxygens (including phenoxy) is 1. The van der Waals surface area contributed by atoms with E-state index in [-0.39, 0.29) is 5.97 Å². The Bertz CT molecular complexity index is 416. The van der Waals surface area contributed by atoms with Gasteiger partial charge in [0.2, 0.25) is 0 Å². The zero-order valence-electron chi connectivity index (χ0n) is 13.5. The van der Waals surface area contributed by atoms with Gasteiger partial charge in [-0.05, 0) is 38.4 Å². The average Bonchev–Trinajstić information content (AvgIpc) is 2.48. The molecule has 0 bridgehead atoms. The number of hydrogen-bond donors (Lipinski definition) is 1. The number of nitrogens with two attached hydrogens (primary N) is 1. The van der Waals surface area contributed by atoms with Gasteiger partial charge in [-0.1, -0.05) is 44.2 Å². The van der Waals surface area contributed by atoms with Gasteiger partial charge < -0.3 is 15.4 Å². The Morgan fingerprint density at radius 2 is 1.71 bits per heavy atom. The molecular formula is C17H28N2O2. The summed E-state index contributed by atoms with van der Waals surface area (Å²) in [5.41, 5.74) is 6.19. The van der Waals surface area contributed by atoms with Gasteiger partial charge in [0.15, 0.2) is 5.54 Å². The van der Waals surface area contributed by atoms with Crippen LogP contribution in [0.15, 0.2) is 30.3 Å². The van der Waals surface area contributed by atoms with Crippen molar-refractivity contribution in [3.05, 3.63) is 35.9 Å². The number of benzene rings is 1. The van der Waals surface area contributed by atoms with Crippen LogP contribution in [-0.4, -0.2) is 37.1 Å². The minimum absolute atomic E-state index is 0.339. The number of carbonyl (C=O) groups excluding carboxylic acids is 1. The Morgan fingerprint density at radius 1 is 1.14 bits per heavy atom. The molecule has 1 aromatic carbocycles. The zero-order chi connectivity index (χ0) is 15.7. The van der Waals surface area contributed by atoms with E-state index >= 15 is 0 Å². The Balaban J connectivity index is 3.04. The molecular weight excluding hydrogens is 264 g/mol. The van der Waals surface area contributed by atoms with Gasteiger partial charge in [-0.25, -0.2) is 4.79 Å². The largest absolute Gasteiger partial charge is 0.464 e. The van der Waals surface area contributed by atoms with E-state index in [9.17, 15) is 4.79 Å². The van der Waals surface area contributed by atoms with Crippen molar-refractivity contribution in [2.75, 3.05) is 26.2 Å². The number of rotatable bonds is 9. The maximum Gasteiger partial charge on any atom is 0.332 e. The first-order valence-electron chi connectivity index (χ1n) is 7.82. The van der Waals surface area contributed by atoms with Gasteiger partial charge in [0.25, 0.3) is 0 Å². The molecule has 0 spiro atoms. The maximum absolute atomic E-state index is 12.4. The normalized spacial score (nSPS) is 14.0. The number of esters is 1. The van der Waals surface area contributed by atoms with Gasteiger partial charge in [0.05, 0.1) is 6.61 Å². The summed E-state index contributed by atoms with van der Waals surface area (Å²) in [5.74, 6) is -0.353. The molecule has 0 saturated heterocycles. The van der Waals surface area contributed by atoms with E-state index < -0.39 is 5.54 Å². The minimum Gasteiger partial charge on any atom is -0.464 e. The van der Waals surface area contributed by atoms with Crippen molar-refractivity contribution in [2.45, 2.75) is 39.2 Å². The van der Waals surface area contributed by atoms with Crippen LogP contribution < -0.4 is 5.73 Å². The lowest BCUT2D eigenvalue weighted by molar-refractivity contribution is -0.151. The Kier molecular flexibility index (Phi) is 7.40. The molecule has 1 aromatic rings. The average molecular weight is 292 g/mol. The van der Waals surface area contributed by atoms with Crippen LogP contribution in [-0.2, 0) is 15.1 Å². The van der Waals surface area contributed by atoms with Gasteiger partial charge in [0, 0.05) is 6.54 Å². The van der Waals surface area contributed by atoms with Crippen LogP contribution in [0.25, 0.3) is 0 Å². The van der Waals surface area contributed by atoms with E-state index in [1.165, 1.54) is 0 Å². The summed E-state index contributed by atoms with van der Waals surface area (Å²) in [7, 11) is 0. The van der Waals surface area contributed by atoms with Crippen molar-refractivity contribution in [3.8, 4) is 0 Å². The fourth-order valence-electron chi connectivity index (χ4n) is 2.52. The summed E-state index contributed by atoms with van der Waals surface area (Å²) >= 11 is 0. The first kappa shape index (κ1) is 17.7. The first-order chi connectivity index (χ1) is 10.1. The molecule has 118 valence electrons. The highest BCUT2D eigenvalue weighted by atomic mass is 16.5. The Hall–Kier alpha value is -1.39. The van der Waals surface area contributed by atoms with Crippen LogP contribution in [0.4, 0.5) is 0 Å². The third kappa shape index (κ3) is 4.83. The second kappa shape index (κ2) is 8.80. The SMILES string of the molecule is CCCN(CCC)CC(N)(C(=O)OCC)c1ccccc1. The molecule has 21 heavy (non-hydrogen) atoms. The topological polar surface area (TPSA) is 55.6 Å². The monoisotopic (exact) mass is 292 g/mol. The Labute approximate surface area is 128 Å². The molecule has 1 rings (SSSR count). The number of hydrogen-bond acceptors (Lipinski definition) is 4. The predicted molar refractivity (Wildman–Crippen MR) is 86.0 cm³/mol. The highest BCUT2D eigenvalue weighted by molar-refractivity contribution is 5.82. The molecule has 0 aromatic heterocycles. The zero-order valence-corrected chi connectivity index (χ0v) is 13.5. The molecule has 2 N–H and O–H groups in total. The molecule has 0 aliphatic carbocycles. The summed E-state index contributed by atoms with van der Waals surface area (Å²) in [6, 6.07) is 9.52. The van der Waals surface area contributed by atoms with E-state index in [4.69, 9.17) is 10.5 Å². The fourth-order valence-corrected chi connectivity index (χ4v) is 2.52. The lowest BCUT2D eigenvalue weighted by Crippen LogP contribution is -2.54. The fraction of sp³-hybridized carbons (Fsp3) is 0.588. The van der Waals surface area contributed by atoms with Crippen LogP contribution in [0, 0.1) is 0 Å². The lowest BCUT2D eigenvalue weighted by atomic mass is 9.90. The molecule has 4 nitrogen and oxygen atoms in total. The second-order valence-corrected chi connectivity index (χ2v) is 5.33. The van der Waals surface area contributed by atoms with Crippen molar-refractivity contribution in [1.82, 2.24) is 4.90 Å². The Morgan fingerprint density at radius 3 is 2.19 bits per heavy atom. The van der Waals surface area contributed by atoms with Crippen molar-refractivity contribution in [2.24, 2.45) is 5.73 Å². The molecule has 0 aliphatic rings. The lowest BCUT2D eigenvalue weighted by Gasteiger charge is -2.33. The van der Waals surface area contributed by atoms with Crippen molar-refractivity contribution < 1.29 is 9.53 Å². The molecule has 0 heterocycles. The van der Waals surface area contributed by atoms with Crippen molar-refractivity contribution in [3.63, 3.8) is 0 Å². The van der Waals surface area contributed by atoms with E-state index in [1.54, 1.807) is 6.92 Å².